The quantitative estimate of drug-likeness (QED) is 0.839. The van der Waals surface area contributed by atoms with E-state index in [9.17, 15) is 18.3 Å². The molecule has 0 radical (unpaired) electrons. The summed E-state index contributed by atoms with van der Waals surface area (Å²) in [7, 11) is -2.50. The van der Waals surface area contributed by atoms with Gasteiger partial charge in [0, 0.05) is 13.6 Å². The standard InChI is InChI=1S/C10H15BrN4O4S/c1-14-9(8(11)12-13-14)20(18,19)15-6-4-2-3-5-7(15)10(16)17/h7H,2-6H2,1H3,(H,16,17). The topological polar surface area (TPSA) is 105 Å². The van der Waals surface area contributed by atoms with Crippen LogP contribution in [0.2, 0.25) is 0 Å². The third-order valence-electron chi connectivity index (χ3n) is 3.28. The number of aryl methyl sites for hydroxylation is 1. The maximum absolute atomic E-state index is 12.7. The highest BCUT2D eigenvalue weighted by Crippen LogP contribution is 2.27. The number of nitrogens with zero attached hydrogens (tertiary/aromatic N) is 4. The Balaban J connectivity index is 2.47. The maximum atomic E-state index is 12.7. The third-order valence-corrected chi connectivity index (χ3v) is 6.08. The van der Waals surface area contributed by atoms with Gasteiger partial charge in [-0.3, -0.25) is 4.79 Å². The zero-order valence-corrected chi connectivity index (χ0v) is 13.3. The van der Waals surface area contributed by atoms with Crippen molar-refractivity contribution in [3.8, 4) is 0 Å². The van der Waals surface area contributed by atoms with Crippen LogP contribution < -0.4 is 0 Å². The van der Waals surface area contributed by atoms with Crippen molar-refractivity contribution in [3.05, 3.63) is 4.60 Å². The molecule has 0 saturated carbocycles. The van der Waals surface area contributed by atoms with Gasteiger partial charge in [0.1, 0.15) is 6.04 Å². The number of carboxylic acid groups (broad SMARTS) is 1. The molecule has 1 aliphatic heterocycles. The monoisotopic (exact) mass is 366 g/mol. The first-order valence-electron chi connectivity index (χ1n) is 6.15. The van der Waals surface area contributed by atoms with Crippen LogP contribution in [0.15, 0.2) is 9.63 Å². The molecule has 1 atom stereocenters. The third kappa shape index (κ3) is 2.72. The molecule has 1 unspecified atom stereocenters. The zero-order valence-electron chi connectivity index (χ0n) is 10.9. The van der Waals surface area contributed by atoms with Crippen LogP contribution in [0.1, 0.15) is 25.7 Å². The molecule has 1 aromatic heterocycles. The number of carboxylic acids is 1. The second kappa shape index (κ2) is 5.78. The lowest BCUT2D eigenvalue weighted by molar-refractivity contribution is -0.141. The van der Waals surface area contributed by atoms with Crippen LogP contribution in [0.5, 0.6) is 0 Å². The summed E-state index contributed by atoms with van der Waals surface area (Å²) in [6.07, 6.45) is 2.48. The van der Waals surface area contributed by atoms with E-state index in [4.69, 9.17) is 0 Å². The van der Waals surface area contributed by atoms with Gasteiger partial charge >= 0.3 is 5.97 Å². The molecule has 0 amide bonds. The zero-order chi connectivity index (χ0) is 14.9. The molecular weight excluding hydrogens is 352 g/mol. The maximum Gasteiger partial charge on any atom is 0.322 e. The van der Waals surface area contributed by atoms with Crippen LogP contribution in [-0.4, -0.2) is 51.4 Å². The number of aliphatic carboxylic acids is 1. The molecule has 0 spiro atoms. The lowest BCUT2D eigenvalue weighted by atomic mass is 10.1. The summed E-state index contributed by atoms with van der Waals surface area (Å²) in [6, 6.07) is -1.04. The smallest absolute Gasteiger partial charge is 0.322 e. The van der Waals surface area contributed by atoms with E-state index in [0.717, 1.165) is 15.4 Å². The summed E-state index contributed by atoms with van der Waals surface area (Å²) in [4.78, 5) is 11.3. The fraction of sp³-hybridized carbons (Fsp3) is 0.700. The Labute approximate surface area is 124 Å². The van der Waals surface area contributed by atoms with Crippen molar-refractivity contribution >= 4 is 31.9 Å². The van der Waals surface area contributed by atoms with Gasteiger partial charge in [0.25, 0.3) is 10.0 Å². The fourth-order valence-electron chi connectivity index (χ4n) is 2.32. The summed E-state index contributed by atoms with van der Waals surface area (Å²) >= 11 is 3.05. The molecule has 1 saturated heterocycles. The summed E-state index contributed by atoms with van der Waals surface area (Å²) in [5, 5.41) is 16.4. The van der Waals surface area contributed by atoms with Gasteiger partial charge in [-0.05, 0) is 28.8 Å². The van der Waals surface area contributed by atoms with Gasteiger partial charge in [-0.25, -0.2) is 13.1 Å². The Morgan fingerprint density at radius 2 is 2.10 bits per heavy atom. The summed E-state index contributed by atoms with van der Waals surface area (Å²) in [6.45, 7) is 0.191. The first-order chi connectivity index (χ1) is 9.35. The predicted molar refractivity (Wildman–Crippen MR) is 72.5 cm³/mol. The van der Waals surface area contributed by atoms with Gasteiger partial charge in [-0.1, -0.05) is 18.1 Å². The van der Waals surface area contributed by atoms with E-state index in [0.29, 0.717) is 19.3 Å². The second-order valence-corrected chi connectivity index (χ2v) is 7.19. The molecule has 2 rings (SSSR count). The van der Waals surface area contributed by atoms with Crippen LogP contribution >= 0.6 is 15.9 Å². The van der Waals surface area contributed by atoms with Crippen molar-refractivity contribution in [2.75, 3.05) is 6.54 Å². The van der Waals surface area contributed by atoms with E-state index in [1.54, 1.807) is 0 Å². The van der Waals surface area contributed by atoms with Crippen molar-refractivity contribution < 1.29 is 18.3 Å². The molecule has 2 heterocycles. The molecule has 20 heavy (non-hydrogen) atoms. The number of hydrogen-bond acceptors (Lipinski definition) is 5. The van der Waals surface area contributed by atoms with Gasteiger partial charge in [0.15, 0.2) is 4.60 Å². The Bertz CT molecular complexity index is 595. The minimum absolute atomic E-state index is 0.0911. The van der Waals surface area contributed by atoms with Crippen LogP contribution in [0, 0.1) is 0 Å². The van der Waals surface area contributed by atoms with E-state index >= 15 is 0 Å². The number of sulfonamides is 1. The number of rotatable bonds is 3. The number of hydrogen-bond donors (Lipinski definition) is 1. The van der Waals surface area contributed by atoms with Crippen molar-refractivity contribution in [3.63, 3.8) is 0 Å². The largest absolute Gasteiger partial charge is 0.480 e. The minimum atomic E-state index is -3.95. The second-order valence-electron chi connectivity index (χ2n) is 4.63. The number of carbonyl (C=O) groups is 1. The van der Waals surface area contributed by atoms with Crippen LogP contribution in [0.3, 0.4) is 0 Å². The van der Waals surface area contributed by atoms with Crippen LogP contribution in [0.4, 0.5) is 0 Å². The van der Waals surface area contributed by atoms with Gasteiger partial charge in [0.2, 0.25) is 5.03 Å². The molecule has 8 nitrogen and oxygen atoms in total. The highest BCUT2D eigenvalue weighted by molar-refractivity contribution is 9.10. The minimum Gasteiger partial charge on any atom is -0.480 e. The molecule has 1 aliphatic rings. The van der Waals surface area contributed by atoms with Crippen LogP contribution in [0.25, 0.3) is 0 Å². The molecule has 0 aliphatic carbocycles. The normalized spacial score (nSPS) is 21.6. The Hall–Kier alpha value is -1.00. The Morgan fingerprint density at radius 3 is 2.65 bits per heavy atom. The average molecular weight is 367 g/mol. The lowest BCUT2D eigenvalue weighted by Crippen LogP contribution is -2.45. The molecular formula is C10H15BrN4O4S. The average Bonchev–Trinajstić information content (AvgIpc) is 2.60. The van der Waals surface area contributed by atoms with Gasteiger partial charge in [-0.2, -0.15) is 4.31 Å². The first kappa shape index (κ1) is 15.4. The molecule has 1 N–H and O–H groups in total. The van der Waals surface area contributed by atoms with Crippen molar-refractivity contribution in [1.29, 1.82) is 0 Å². The van der Waals surface area contributed by atoms with Crippen LogP contribution in [-0.2, 0) is 21.9 Å². The van der Waals surface area contributed by atoms with E-state index < -0.39 is 22.0 Å². The molecule has 0 bridgehead atoms. The fourth-order valence-corrected chi connectivity index (χ4v) is 5.01. The van der Waals surface area contributed by atoms with Crippen molar-refractivity contribution in [2.24, 2.45) is 7.05 Å². The Kier molecular flexibility index (Phi) is 4.45. The summed E-state index contributed by atoms with van der Waals surface area (Å²) < 4.78 is 27.6. The molecule has 10 heteroatoms. The first-order valence-corrected chi connectivity index (χ1v) is 8.39. The van der Waals surface area contributed by atoms with Gasteiger partial charge in [-0.15, -0.1) is 5.10 Å². The highest BCUT2D eigenvalue weighted by atomic mass is 79.9. The van der Waals surface area contributed by atoms with E-state index in [1.165, 1.54) is 7.05 Å². The number of halogens is 1. The SMILES string of the molecule is Cn1nnc(Br)c1S(=O)(=O)N1CCCCCC1C(=O)O. The molecule has 112 valence electrons. The molecule has 0 aromatic carbocycles. The summed E-state index contributed by atoms with van der Waals surface area (Å²) in [5.74, 6) is -1.12. The van der Waals surface area contributed by atoms with Gasteiger partial charge in [0.05, 0.1) is 0 Å². The summed E-state index contributed by atoms with van der Waals surface area (Å²) in [5.41, 5.74) is 0. The van der Waals surface area contributed by atoms with Crippen molar-refractivity contribution in [1.82, 2.24) is 19.3 Å². The molecule has 1 aromatic rings. The predicted octanol–water partition coefficient (Wildman–Crippen LogP) is 0.595. The van der Waals surface area contributed by atoms with E-state index in [2.05, 4.69) is 26.2 Å². The van der Waals surface area contributed by atoms with Crippen molar-refractivity contribution in [2.45, 2.75) is 36.8 Å². The van der Waals surface area contributed by atoms with Gasteiger partial charge < -0.3 is 5.11 Å². The number of aromatic nitrogens is 3. The highest BCUT2D eigenvalue weighted by Gasteiger charge is 2.39. The Morgan fingerprint density at radius 1 is 1.40 bits per heavy atom. The lowest BCUT2D eigenvalue weighted by Gasteiger charge is -2.25. The molecule has 1 fully saturated rings. The van der Waals surface area contributed by atoms with E-state index in [1.807, 2.05) is 0 Å². The van der Waals surface area contributed by atoms with E-state index in [-0.39, 0.29) is 16.2 Å².